The fraction of sp³-hybridized carbons (Fsp3) is 0.915. The van der Waals surface area contributed by atoms with Crippen LogP contribution in [0.5, 0.6) is 0 Å². The van der Waals surface area contributed by atoms with Gasteiger partial charge in [-0.1, -0.05) is 0 Å². The Morgan fingerprint density at radius 1 is 0.435 bits per heavy atom. The molecule has 0 aromatic heterocycles. The van der Waals surface area contributed by atoms with Crippen molar-refractivity contribution in [2.75, 3.05) is 66.1 Å². The quantitative estimate of drug-likeness (QED) is 0.0284. The van der Waals surface area contributed by atoms with Crippen LogP contribution < -0.4 is 21.3 Å². The van der Waals surface area contributed by atoms with Crippen molar-refractivity contribution in [1.29, 1.82) is 0 Å². The van der Waals surface area contributed by atoms with E-state index in [4.69, 9.17) is 66.3 Å². The minimum Gasteiger partial charge on any atom is -0.477 e. The van der Waals surface area contributed by atoms with Gasteiger partial charge in [-0.15, -0.1) is 0 Å². The first-order valence-corrected chi connectivity index (χ1v) is 33.8. The number of carboxylic acids is 1. The first kappa shape index (κ1) is 91.0. The Bertz CT molecular complexity index is 2840. The number of carboxylic acid groups (broad SMARTS) is 1. The highest BCUT2D eigenvalue weighted by Gasteiger charge is 2.62. The van der Waals surface area contributed by atoms with Gasteiger partial charge in [0.2, 0.25) is 23.6 Å². The second-order valence-electron chi connectivity index (χ2n) is 26.6. The van der Waals surface area contributed by atoms with Crippen LogP contribution in [0.1, 0.15) is 27.2 Å². The maximum atomic E-state index is 13.1. The maximum Gasteiger partial charge on any atom is 0.364 e. The third-order valence-corrected chi connectivity index (χ3v) is 19.0. The Hall–Kier alpha value is -4.21. The van der Waals surface area contributed by atoms with E-state index in [1.807, 2.05) is 0 Å². The lowest BCUT2D eigenvalue weighted by atomic mass is 9.88. The van der Waals surface area contributed by atoms with E-state index < -0.39 is 347 Å². The van der Waals surface area contributed by atoms with Crippen LogP contribution in [0, 0.1) is 0 Å². The molecule has 0 unspecified atom stereocenters. The van der Waals surface area contributed by atoms with Crippen molar-refractivity contribution < 1.29 is 223 Å². The number of rotatable bonds is 34. The summed E-state index contributed by atoms with van der Waals surface area (Å²) < 4.78 is 80.2. The van der Waals surface area contributed by atoms with Gasteiger partial charge < -0.3 is 220 Å². The summed E-state index contributed by atoms with van der Waals surface area (Å²) in [7, 11) is 0. The van der Waals surface area contributed by atoms with Crippen LogP contribution in [-0.4, -0.2) is 473 Å². The molecular formula is C59H100N4O45. The highest BCUT2D eigenvalue weighted by Crippen LogP contribution is 2.41. The Kier molecular flexibility index (Phi) is 33.9. The minimum absolute atomic E-state index is 0.892. The van der Waals surface area contributed by atoms with Gasteiger partial charge in [-0.05, 0) is 0 Å². The van der Waals surface area contributed by atoms with Crippen molar-refractivity contribution in [1.82, 2.24) is 21.3 Å². The molecule has 108 heavy (non-hydrogen) atoms. The van der Waals surface area contributed by atoms with E-state index in [2.05, 4.69) is 21.3 Å². The number of carbonyl (C=O) groups is 5. The monoisotopic (exact) mass is 1580 g/mol. The van der Waals surface area contributed by atoms with E-state index in [1.54, 1.807) is 0 Å². The molecule has 7 saturated heterocycles. The van der Waals surface area contributed by atoms with Gasteiger partial charge in [-0.2, -0.15) is 0 Å². The molecule has 0 spiro atoms. The predicted octanol–water partition coefficient (Wildman–Crippen LogP) is -20.1. The van der Waals surface area contributed by atoms with Crippen LogP contribution in [-0.2, 0) is 90.3 Å². The highest BCUT2D eigenvalue weighted by molar-refractivity contribution is 5.78. The number of carbonyl (C=O) groups excluding carboxylic acids is 4. The van der Waals surface area contributed by atoms with E-state index in [0.29, 0.717) is 0 Å². The summed E-state index contributed by atoms with van der Waals surface area (Å²) in [5.41, 5.74) is 0. The third kappa shape index (κ3) is 20.6. The molecule has 626 valence electrons. The van der Waals surface area contributed by atoms with E-state index >= 15 is 0 Å². The van der Waals surface area contributed by atoms with E-state index in [9.17, 15) is 157 Å². The largest absolute Gasteiger partial charge is 0.477 e. The molecule has 4 amide bonds. The Morgan fingerprint density at radius 3 is 1.31 bits per heavy atom. The van der Waals surface area contributed by atoms with Gasteiger partial charge in [0, 0.05) is 27.2 Å². The number of nitrogens with one attached hydrogen (secondary N) is 4. The van der Waals surface area contributed by atoms with Crippen molar-refractivity contribution in [3.8, 4) is 0 Å². The summed E-state index contributed by atoms with van der Waals surface area (Å²) in [5.74, 6) is -9.56. The molecule has 0 aromatic carbocycles. The summed E-state index contributed by atoms with van der Waals surface area (Å²) in [4.78, 5) is 63.6. The predicted molar refractivity (Wildman–Crippen MR) is 332 cm³/mol. The molecule has 0 aliphatic carbocycles. The lowest BCUT2D eigenvalue weighted by molar-refractivity contribution is -0.388. The van der Waals surface area contributed by atoms with Crippen molar-refractivity contribution in [2.45, 2.75) is 272 Å². The summed E-state index contributed by atoms with van der Waals surface area (Å²) in [6, 6.07) is -7.56. The van der Waals surface area contributed by atoms with Gasteiger partial charge in [-0.25, -0.2) is 4.79 Å². The number of ether oxygens (including phenoxy) is 14. The van der Waals surface area contributed by atoms with Gasteiger partial charge >= 0.3 is 5.97 Å². The molecule has 0 bridgehead atoms. The van der Waals surface area contributed by atoms with E-state index in [-0.39, 0.29) is 0 Å². The first-order valence-electron chi connectivity index (χ1n) is 33.8. The fourth-order valence-electron chi connectivity index (χ4n) is 13.3. The zero-order valence-electron chi connectivity index (χ0n) is 57.7. The van der Waals surface area contributed by atoms with Crippen LogP contribution in [0.4, 0.5) is 0 Å². The van der Waals surface area contributed by atoms with Crippen molar-refractivity contribution in [3.63, 3.8) is 0 Å². The van der Waals surface area contributed by atoms with Crippen molar-refractivity contribution in [2.24, 2.45) is 0 Å². The Morgan fingerprint density at radius 2 is 0.852 bits per heavy atom. The Labute approximate surface area is 610 Å². The molecule has 0 radical (unpaired) electrons. The number of aliphatic carboxylic acids is 1. The normalized spacial score (nSPS) is 43.5. The number of aliphatic hydroxyl groups is 25. The first-order chi connectivity index (χ1) is 50.9. The smallest absolute Gasteiger partial charge is 0.364 e. The molecule has 0 saturated carbocycles. The fourth-order valence-corrected chi connectivity index (χ4v) is 13.3. The van der Waals surface area contributed by atoms with Crippen LogP contribution in [0.25, 0.3) is 0 Å². The Balaban J connectivity index is 1.08. The zero-order chi connectivity index (χ0) is 80.4. The average Bonchev–Trinajstić information content (AvgIpc) is 0.753. The molecule has 7 fully saturated rings. The number of hydrogen-bond donors (Lipinski definition) is 30. The SMILES string of the molecule is CC(=O)N[C@H]1[C@H](OC[C@@H](O)[C@H](O)[C@H](O[C@@H]2O[C@H](CO)[C@H](O)[C@H](O[C@@H]3O[C@H](CO)[C@@H](O[C@@H]4O[C@H](CO)[C@H](O)[C@H](O[C@]5(C(=O)O)C[C@H](O)[C@@H](NC(=O)CO)[C@H]([C@H](O)[C@H](O)CO)O5)[C@H]4O)[C@H](O)[C@H]3NC(C)=O)[C@H]2O)[C@H](CO)NC(C)=O)O[C@H](CO)[C@@H](O[C@@H]2O[C@H](CO)[C@H](O)[C@H](O[C@H]3O[C@H](CO)[C@H](O)[C@H](O)[C@H]3O)[C@H]2O)[C@@H]1O. The maximum absolute atomic E-state index is 13.1. The minimum atomic E-state index is -3.32. The molecule has 7 rings (SSSR count). The second-order valence-corrected chi connectivity index (χ2v) is 26.6. The molecule has 0 aromatic rings. The van der Waals surface area contributed by atoms with Gasteiger partial charge in [-0.3, -0.25) is 19.2 Å². The topological polar surface area (TPSA) is 789 Å². The molecule has 49 nitrogen and oxygen atoms in total. The summed E-state index contributed by atoms with van der Waals surface area (Å²) in [5, 5.41) is 292. The van der Waals surface area contributed by atoms with Gasteiger partial charge in [0.25, 0.3) is 5.79 Å². The van der Waals surface area contributed by atoms with Crippen LogP contribution in [0.2, 0.25) is 0 Å². The molecular weight excluding hydrogens is 1480 g/mol. The lowest BCUT2D eigenvalue weighted by Crippen LogP contribution is -2.71. The van der Waals surface area contributed by atoms with Gasteiger partial charge in [0.15, 0.2) is 37.7 Å². The summed E-state index contributed by atoms with van der Waals surface area (Å²) in [6.45, 7) is -8.72. The van der Waals surface area contributed by atoms with Crippen LogP contribution in [0.15, 0.2) is 0 Å². The van der Waals surface area contributed by atoms with Gasteiger partial charge in [0.05, 0.1) is 77.6 Å². The molecule has 7 aliphatic heterocycles. The third-order valence-electron chi connectivity index (χ3n) is 19.0. The zero-order valence-corrected chi connectivity index (χ0v) is 57.7. The lowest BCUT2D eigenvalue weighted by Gasteiger charge is -2.51. The highest BCUT2D eigenvalue weighted by atomic mass is 16.8. The van der Waals surface area contributed by atoms with Crippen LogP contribution >= 0.6 is 0 Å². The molecule has 7 aliphatic rings. The average molecular weight is 1590 g/mol. The standard InChI is InChI=1S/C59H100N4O45/c1-15(73)60-18(5-64)45(33(81)21(78)14-95-52-30(61-16(2)74)38(86)46(26(11-70)100-52)103-56-43(91)50(36(84)24(9-68)98-56)106-54-41(89)40(88)34(82)22(7-66)96-54)102-55-42(90)49(35(83)23(8-67)97-55)105-53-31(62-17(3)75)39(87)47(27(12-71)101-53)104-57-44(92)51(37(85)25(10-69)99-57)108-59(58(93)94)4-19(76)29(63-28(79)13-72)48(107-59)32(80)20(77)6-65/h18-27,29-57,64-72,76-78,80-92H,4-14H2,1-3H3,(H,60,73)(H,61,74)(H,62,75)(H,63,79)(H,93,94)/t18-,19-,20+,21+,22+,23+,24+,25+,26+,27+,29+,30+,31+,32+,33-,34-,35-,36-,37-,38+,39+,40-,41+,42+,43+,44+,45+,46+,47+,48+,49-,50-,51-,52+,53-,54+,55-,56-,57-,59-/m0/s1. The summed E-state index contributed by atoms with van der Waals surface area (Å²) >= 11 is 0. The second kappa shape index (κ2) is 40.2. The summed E-state index contributed by atoms with van der Waals surface area (Å²) in [6.07, 6.45) is -75.8. The molecule has 49 heteroatoms. The van der Waals surface area contributed by atoms with Crippen molar-refractivity contribution >= 4 is 29.6 Å². The molecule has 7 heterocycles. The number of aliphatic hydroxyl groups excluding tert-OH is 25. The number of amides is 4. The van der Waals surface area contributed by atoms with E-state index in [1.165, 1.54) is 0 Å². The number of hydrogen-bond acceptors (Lipinski definition) is 44. The van der Waals surface area contributed by atoms with Gasteiger partial charge in [0.1, 0.15) is 190 Å². The molecule has 30 N–H and O–H groups in total. The van der Waals surface area contributed by atoms with Crippen LogP contribution in [0.3, 0.4) is 0 Å². The van der Waals surface area contributed by atoms with Crippen molar-refractivity contribution in [3.05, 3.63) is 0 Å². The molecule has 40 atom stereocenters. The van der Waals surface area contributed by atoms with E-state index in [0.717, 1.165) is 20.8 Å².